The van der Waals surface area contributed by atoms with Crippen molar-refractivity contribution in [3.8, 4) is 0 Å². The third-order valence-corrected chi connectivity index (χ3v) is 3.54. The van der Waals surface area contributed by atoms with E-state index in [0.29, 0.717) is 6.42 Å². The fraction of sp³-hybridized carbons (Fsp3) is 0.875. The molecular formula is C16H31NO3. The van der Waals surface area contributed by atoms with Gasteiger partial charge in [-0.25, -0.2) is 0 Å². The summed E-state index contributed by atoms with van der Waals surface area (Å²) >= 11 is 0. The van der Waals surface area contributed by atoms with E-state index in [0.717, 1.165) is 12.8 Å². The number of hydrogen-bond acceptors (Lipinski definition) is 3. The molecule has 1 atom stereocenters. The largest absolute Gasteiger partial charge is 0.480 e. The van der Waals surface area contributed by atoms with Gasteiger partial charge in [-0.05, 0) is 13.3 Å². The molecule has 0 rings (SSSR count). The first-order valence-corrected chi connectivity index (χ1v) is 8.05. The van der Waals surface area contributed by atoms with E-state index in [-0.39, 0.29) is 12.3 Å². The van der Waals surface area contributed by atoms with Gasteiger partial charge in [-0.1, -0.05) is 58.3 Å². The number of Topliss-reactive ketones (excluding diaryl/α,β-unsaturated/α-hetero) is 1. The molecule has 0 radical (unpaired) electrons. The number of carbonyl (C=O) groups excluding carboxylic acids is 1. The summed E-state index contributed by atoms with van der Waals surface area (Å²) in [6.07, 6.45) is 11.7. The van der Waals surface area contributed by atoms with E-state index < -0.39 is 12.0 Å². The zero-order chi connectivity index (χ0) is 15.2. The Morgan fingerprint density at radius 2 is 1.45 bits per heavy atom. The predicted octanol–water partition coefficient (Wildman–Crippen LogP) is 3.54. The Labute approximate surface area is 123 Å². The SMILES string of the molecule is CCCCCCCCCCCC(=O)CNC(C)C(=O)O. The second kappa shape index (κ2) is 13.1. The molecule has 0 spiro atoms. The van der Waals surface area contributed by atoms with Crippen molar-refractivity contribution in [3.05, 3.63) is 0 Å². The molecule has 0 aromatic rings. The topological polar surface area (TPSA) is 66.4 Å². The Balaban J connectivity index is 3.29. The van der Waals surface area contributed by atoms with Crippen LogP contribution in [0.3, 0.4) is 0 Å². The van der Waals surface area contributed by atoms with Gasteiger partial charge in [0, 0.05) is 6.42 Å². The van der Waals surface area contributed by atoms with Gasteiger partial charge in [-0.2, -0.15) is 0 Å². The van der Waals surface area contributed by atoms with Crippen LogP contribution in [0.15, 0.2) is 0 Å². The second-order valence-corrected chi connectivity index (χ2v) is 5.56. The molecule has 0 aromatic carbocycles. The van der Waals surface area contributed by atoms with Crippen molar-refractivity contribution in [2.24, 2.45) is 0 Å². The molecule has 0 heterocycles. The molecule has 0 aliphatic carbocycles. The zero-order valence-electron chi connectivity index (χ0n) is 13.1. The summed E-state index contributed by atoms with van der Waals surface area (Å²) in [5, 5.41) is 11.4. The summed E-state index contributed by atoms with van der Waals surface area (Å²) in [6, 6.07) is -0.651. The first-order chi connectivity index (χ1) is 9.57. The minimum atomic E-state index is -0.916. The molecule has 0 aliphatic rings. The summed E-state index contributed by atoms with van der Waals surface area (Å²) in [7, 11) is 0. The molecule has 4 nitrogen and oxygen atoms in total. The van der Waals surface area contributed by atoms with Crippen molar-refractivity contribution in [3.63, 3.8) is 0 Å². The van der Waals surface area contributed by atoms with Gasteiger partial charge in [-0.3, -0.25) is 14.9 Å². The van der Waals surface area contributed by atoms with Gasteiger partial charge >= 0.3 is 5.97 Å². The highest BCUT2D eigenvalue weighted by Crippen LogP contribution is 2.10. The lowest BCUT2D eigenvalue weighted by Crippen LogP contribution is -2.37. The van der Waals surface area contributed by atoms with Gasteiger partial charge in [0.15, 0.2) is 0 Å². The monoisotopic (exact) mass is 285 g/mol. The highest BCUT2D eigenvalue weighted by molar-refractivity contribution is 5.81. The van der Waals surface area contributed by atoms with Crippen LogP contribution in [0.4, 0.5) is 0 Å². The molecule has 4 heteroatoms. The molecule has 0 bridgehead atoms. The molecule has 118 valence electrons. The number of carboxylic acids is 1. The van der Waals surface area contributed by atoms with Crippen molar-refractivity contribution in [1.29, 1.82) is 0 Å². The molecule has 0 fully saturated rings. The minimum Gasteiger partial charge on any atom is -0.480 e. The second-order valence-electron chi connectivity index (χ2n) is 5.56. The van der Waals surface area contributed by atoms with Crippen molar-refractivity contribution in [2.45, 2.75) is 84.1 Å². The molecule has 0 aromatic heterocycles. The first-order valence-electron chi connectivity index (χ1n) is 8.05. The molecular weight excluding hydrogens is 254 g/mol. The Hall–Kier alpha value is -0.900. The van der Waals surface area contributed by atoms with Crippen LogP contribution in [0.25, 0.3) is 0 Å². The summed E-state index contributed by atoms with van der Waals surface area (Å²) in [5.41, 5.74) is 0. The van der Waals surface area contributed by atoms with Crippen molar-refractivity contribution in [2.75, 3.05) is 6.54 Å². The highest BCUT2D eigenvalue weighted by atomic mass is 16.4. The summed E-state index contributed by atoms with van der Waals surface area (Å²) in [5.74, 6) is -0.804. The van der Waals surface area contributed by atoms with E-state index in [9.17, 15) is 9.59 Å². The first kappa shape index (κ1) is 19.1. The van der Waals surface area contributed by atoms with Crippen LogP contribution in [0, 0.1) is 0 Å². The van der Waals surface area contributed by atoms with E-state index >= 15 is 0 Å². The lowest BCUT2D eigenvalue weighted by atomic mass is 10.1. The van der Waals surface area contributed by atoms with E-state index in [2.05, 4.69) is 12.2 Å². The Bertz CT molecular complexity index is 266. The molecule has 0 saturated heterocycles. The fourth-order valence-electron chi connectivity index (χ4n) is 2.08. The van der Waals surface area contributed by atoms with E-state index in [4.69, 9.17) is 5.11 Å². The molecule has 0 saturated carbocycles. The number of rotatable bonds is 14. The van der Waals surface area contributed by atoms with Crippen LogP contribution in [-0.2, 0) is 9.59 Å². The van der Waals surface area contributed by atoms with Crippen LogP contribution >= 0.6 is 0 Å². The van der Waals surface area contributed by atoms with Crippen molar-refractivity contribution in [1.82, 2.24) is 5.32 Å². The standard InChI is InChI=1S/C16H31NO3/c1-3-4-5-6-7-8-9-10-11-12-15(18)13-17-14(2)16(19)20/h14,17H,3-13H2,1-2H3,(H,19,20). The van der Waals surface area contributed by atoms with Gasteiger partial charge in [-0.15, -0.1) is 0 Å². The molecule has 0 aliphatic heterocycles. The summed E-state index contributed by atoms with van der Waals surface area (Å²) < 4.78 is 0. The Morgan fingerprint density at radius 3 is 1.95 bits per heavy atom. The van der Waals surface area contributed by atoms with Gasteiger partial charge in [0.25, 0.3) is 0 Å². The van der Waals surface area contributed by atoms with Crippen LogP contribution in [0.5, 0.6) is 0 Å². The van der Waals surface area contributed by atoms with Gasteiger partial charge in [0.2, 0.25) is 0 Å². The van der Waals surface area contributed by atoms with Crippen LogP contribution in [0.1, 0.15) is 78.1 Å². The third-order valence-electron chi connectivity index (χ3n) is 3.54. The highest BCUT2D eigenvalue weighted by Gasteiger charge is 2.11. The average Bonchev–Trinajstić information content (AvgIpc) is 2.42. The number of hydrogen-bond donors (Lipinski definition) is 2. The zero-order valence-corrected chi connectivity index (χ0v) is 13.1. The average molecular weight is 285 g/mol. The lowest BCUT2D eigenvalue weighted by molar-refractivity contribution is -0.139. The fourth-order valence-corrected chi connectivity index (χ4v) is 2.08. The van der Waals surface area contributed by atoms with Crippen LogP contribution < -0.4 is 5.32 Å². The smallest absolute Gasteiger partial charge is 0.320 e. The number of unbranched alkanes of at least 4 members (excludes halogenated alkanes) is 8. The molecule has 1 unspecified atom stereocenters. The number of ketones is 1. The quantitative estimate of drug-likeness (QED) is 0.479. The van der Waals surface area contributed by atoms with Gasteiger partial charge in [0.1, 0.15) is 11.8 Å². The maximum atomic E-state index is 11.5. The number of carboxylic acid groups (broad SMARTS) is 1. The summed E-state index contributed by atoms with van der Waals surface area (Å²) in [4.78, 5) is 22.1. The number of aliphatic carboxylic acids is 1. The molecule has 20 heavy (non-hydrogen) atoms. The third kappa shape index (κ3) is 12.2. The predicted molar refractivity (Wildman–Crippen MR) is 82.0 cm³/mol. The number of carbonyl (C=O) groups is 2. The Kier molecular flexibility index (Phi) is 12.5. The van der Waals surface area contributed by atoms with E-state index in [1.165, 1.54) is 44.9 Å². The van der Waals surface area contributed by atoms with Crippen molar-refractivity contribution < 1.29 is 14.7 Å². The lowest BCUT2D eigenvalue weighted by Gasteiger charge is -2.08. The van der Waals surface area contributed by atoms with Gasteiger partial charge < -0.3 is 5.11 Å². The maximum Gasteiger partial charge on any atom is 0.320 e. The summed E-state index contributed by atoms with van der Waals surface area (Å²) in [6.45, 7) is 3.95. The van der Waals surface area contributed by atoms with Crippen LogP contribution in [0.2, 0.25) is 0 Å². The van der Waals surface area contributed by atoms with Crippen molar-refractivity contribution >= 4 is 11.8 Å². The normalized spacial score (nSPS) is 12.3. The molecule has 0 amide bonds. The maximum absolute atomic E-state index is 11.5. The van der Waals surface area contributed by atoms with Crippen LogP contribution in [-0.4, -0.2) is 29.4 Å². The number of nitrogens with one attached hydrogen (secondary N) is 1. The van der Waals surface area contributed by atoms with E-state index in [1.54, 1.807) is 6.92 Å². The van der Waals surface area contributed by atoms with Gasteiger partial charge in [0.05, 0.1) is 6.54 Å². The van der Waals surface area contributed by atoms with E-state index in [1.807, 2.05) is 0 Å². The molecule has 2 N–H and O–H groups in total. The minimum absolute atomic E-state index is 0.112. The Morgan fingerprint density at radius 1 is 0.950 bits per heavy atom.